The fourth-order valence-corrected chi connectivity index (χ4v) is 3.91. The first-order valence-corrected chi connectivity index (χ1v) is 10.2. The van der Waals surface area contributed by atoms with Crippen molar-refractivity contribution >= 4 is 27.3 Å². The summed E-state index contributed by atoms with van der Waals surface area (Å²) in [5.41, 5.74) is 0.580. The standard InChI is InChI=1S/C21H19FN2O4S/c1-15-11-12-16(23-21(25)14-28-17-7-3-2-4-8-17)13-20(15)29(26,27)24-19-10-6-5-9-18(19)22/h2-13,24H,14H2,1H3,(H,23,25). The lowest BCUT2D eigenvalue weighted by molar-refractivity contribution is -0.118. The summed E-state index contributed by atoms with van der Waals surface area (Å²) >= 11 is 0. The number of hydrogen-bond acceptors (Lipinski definition) is 4. The molecule has 0 aromatic heterocycles. The smallest absolute Gasteiger partial charge is 0.262 e. The van der Waals surface area contributed by atoms with Crippen LogP contribution >= 0.6 is 0 Å². The minimum Gasteiger partial charge on any atom is -0.484 e. The Labute approximate surface area is 168 Å². The van der Waals surface area contributed by atoms with Crippen molar-refractivity contribution in [3.8, 4) is 5.75 Å². The molecule has 0 bridgehead atoms. The lowest BCUT2D eigenvalue weighted by Crippen LogP contribution is -2.21. The van der Waals surface area contributed by atoms with Gasteiger partial charge in [0.1, 0.15) is 11.6 Å². The van der Waals surface area contributed by atoms with Crippen LogP contribution in [-0.2, 0) is 14.8 Å². The van der Waals surface area contributed by atoms with Crippen molar-refractivity contribution in [2.75, 3.05) is 16.6 Å². The van der Waals surface area contributed by atoms with E-state index in [9.17, 15) is 17.6 Å². The van der Waals surface area contributed by atoms with Gasteiger partial charge in [-0.3, -0.25) is 9.52 Å². The Hall–Kier alpha value is -3.39. The second-order valence-corrected chi connectivity index (χ2v) is 7.87. The summed E-state index contributed by atoms with van der Waals surface area (Å²) < 4.78 is 46.8. The Morgan fingerprint density at radius 3 is 2.41 bits per heavy atom. The van der Waals surface area contributed by atoms with E-state index in [1.54, 1.807) is 43.3 Å². The molecule has 8 heteroatoms. The maximum absolute atomic E-state index is 13.8. The molecule has 0 heterocycles. The van der Waals surface area contributed by atoms with Gasteiger partial charge in [-0.15, -0.1) is 0 Å². The van der Waals surface area contributed by atoms with Crippen molar-refractivity contribution in [1.29, 1.82) is 0 Å². The number of anilines is 2. The van der Waals surface area contributed by atoms with Crippen LogP contribution in [0.3, 0.4) is 0 Å². The third-order valence-corrected chi connectivity index (χ3v) is 5.50. The number of benzene rings is 3. The Kier molecular flexibility index (Phi) is 6.13. The molecule has 3 rings (SSSR count). The van der Waals surface area contributed by atoms with E-state index in [1.807, 2.05) is 6.07 Å². The number of rotatable bonds is 7. The molecule has 3 aromatic rings. The molecule has 0 atom stereocenters. The predicted molar refractivity (Wildman–Crippen MR) is 109 cm³/mol. The van der Waals surface area contributed by atoms with Crippen molar-refractivity contribution in [2.45, 2.75) is 11.8 Å². The van der Waals surface area contributed by atoms with Gasteiger partial charge >= 0.3 is 0 Å². The van der Waals surface area contributed by atoms with E-state index in [0.717, 1.165) is 6.07 Å². The second kappa shape index (κ2) is 8.74. The minimum absolute atomic E-state index is 0.0671. The summed E-state index contributed by atoms with van der Waals surface area (Å²) in [6, 6.07) is 18.8. The van der Waals surface area contributed by atoms with Crippen LogP contribution in [0.25, 0.3) is 0 Å². The van der Waals surface area contributed by atoms with Crippen molar-refractivity contribution in [1.82, 2.24) is 0 Å². The number of nitrogens with one attached hydrogen (secondary N) is 2. The number of aryl methyl sites for hydroxylation is 1. The molecule has 0 radical (unpaired) electrons. The summed E-state index contributed by atoms with van der Waals surface area (Å²) in [6.45, 7) is 1.38. The van der Waals surface area contributed by atoms with Gasteiger partial charge in [-0.2, -0.15) is 0 Å². The van der Waals surface area contributed by atoms with Crippen LogP contribution in [-0.4, -0.2) is 20.9 Å². The number of carbonyl (C=O) groups excluding carboxylic acids is 1. The first-order chi connectivity index (χ1) is 13.8. The molecule has 0 aliphatic carbocycles. The molecule has 1 amide bonds. The van der Waals surface area contributed by atoms with E-state index >= 15 is 0 Å². The fraction of sp³-hybridized carbons (Fsp3) is 0.0952. The Morgan fingerprint density at radius 2 is 1.69 bits per heavy atom. The van der Waals surface area contributed by atoms with E-state index in [4.69, 9.17) is 4.74 Å². The van der Waals surface area contributed by atoms with E-state index in [0.29, 0.717) is 11.3 Å². The van der Waals surface area contributed by atoms with Gasteiger partial charge in [0.2, 0.25) is 0 Å². The molecule has 3 aromatic carbocycles. The van der Waals surface area contributed by atoms with Crippen LogP contribution in [0.4, 0.5) is 15.8 Å². The van der Waals surface area contributed by atoms with Crippen LogP contribution in [0, 0.1) is 12.7 Å². The van der Waals surface area contributed by atoms with Crippen molar-refractivity contribution < 1.29 is 22.3 Å². The van der Waals surface area contributed by atoms with Gasteiger partial charge in [0.05, 0.1) is 10.6 Å². The Bertz CT molecular complexity index is 1120. The lowest BCUT2D eigenvalue weighted by atomic mass is 10.2. The summed E-state index contributed by atoms with van der Waals surface area (Å²) in [5.74, 6) is -0.580. The summed E-state index contributed by atoms with van der Waals surface area (Å²) in [4.78, 5) is 12.0. The molecular weight excluding hydrogens is 395 g/mol. The number of halogens is 1. The molecule has 6 nitrogen and oxygen atoms in total. The van der Waals surface area contributed by atoms with Gasteiger partial charge < -0.3 is 10.1 Å². The Balaban J connectivity index is 1.73. The molecule has 0 aliphatic rings. The minimum atomic E-state index is -4.05. The quantitative estimate of drug-likeness (QED) is 0.613. The van der Waals surface area contributed by atoms with E-state index in [1.165, 1.54) is 24.3 Å². The largest absolute Gasteiger partial charge is 0.484 e. The van der Waals surface area contributed by atoms with Gasteiger partial charge in [0.25, 0.3) is 15.9 Å². The van der Waals surface area contributed by atoms with E-state index in [2.05, 4.69) is 10.0 Å². The van der Waals surface area contributed by atoms with Crippen molar-refractivity contribution in [2.24, 2.45) is 0 Å². The maximum atomic E-state index is 13.8. The molecule has 0 saturated heterocycles. The van der Waals surface area contributed by atoms with Gasteiger partial charge in [-0.25, -0.2) is 12.8 Å². The highest BCUT2D eigenvalue weighted by Crippen LogP contribution is 2.24. The molecule has 0 aliphatic heterocycles. The third kappa shape index (κ3) is 5.32. The lowest BCUT2D eigenvalue weighted by Gasteiger charge is -2.13. The summed E-state index contributed by atoms with van der Waals surface area (Å²) in [6.07, 6.45) is 0. The van der Waals surface area contributed by atoms with Crippen LogP contribution in [0.1, 0.15) is 5.56 Å². The third-order valence-electron chi connectivity index (χ3n) is 3.99. The first kappa shape index (κ1) is 20.3. The maximum Gasteiger partial charge on any atom is 0.262 e. The predicted octanol–water partition coefficient (Wildman–Crippen LogP) is 3.95. The number of carbonyl (C=O) groups is 1. The fourth-order valence-electron chi connectivity index (χ4n) is 2.57. The SMILES string of the molecule is Cc1ccc(NC(=O)COc2ccccc2)cc1S(=O)(=O)Nc1ccccc1F. The second-order valence-electron chi connectivity index (χ2n) is 6.22. The number of para-hydroxylation sites is 2. The highest BCUT2D eigenvalue weighted by Gasteiger charge is 2.19. The van der Waals surface area contributed by atoms with Crippen LogP contribution < -0.4 is 14.8 Å². The Morgan fingerprint density at radius 1 is 1.00 bits per heavy atom. The summed E-state index contributed by atoms with van der Waals surface area (Å²) in [7, 11) is -4.05. The molecule has 2 N–H and O–H groups in total. The molecule has 0 unspecified atom stereocenters. The van der Waals surface area contributed by atoms with Crippen LogP contribution in [0.5, 0.6) is 5.75 Å². The summed E-state index contributed by atoms with van der Waals surface area (Å²) in [5, 5.41) is 2.60. The van der Waals surface area contributed by atoms with Crippen LogP contribution in [0.15, 0.2) is 77.7 Å². The first-order valence-electron chi connectivity index (χ1n) is 8.71. The topological polar surface area (TPSA) is 84.5 Å². The average Bonchev–Trinajstić information content (AvgIpc) is 2.70. The van der Waals surface area contributed by atoms with Crippen LogP contribution in [0.2, 0.25) is 0 Å². The zero-order chi connectivity index (χ0) is 20.9. The van der Waals surface area contributed by atoms with Gasteiger partial charge in [-0.1, -0.05) is 36.4 Å². The molecule has 29 heavy (non-hydrogen) atoms. The molecule has 0 fully saturated rings. The monoisotopic (exact) mass is 414 g/mol. The van der Waals surface area contributed by atoms with Gasteiger partial charge in [-0.05, 0) is 48.9 Å². The normalized spacial score (nSPS) is 11.0. The number of ether oxygens (including phenoxy) is 1. The van der Waals surface area contributed by atoms with Gasteiger partial charge in [0.15, 0.2) is 6.61 Å². The number of amides is 1. The average molecular weight is 414 g/mol. The zero-order valence-corrected chi connectivity index (χ0v) is 16.4. The van der Waals surface area contributed by atoms with Crippen molar-refractivity contribution in [3.63, 3.8) is 0 Å². The van der Waals surface area contributed by atoms with Crippen molar-refractivity contribution in [3.05, 3.63) is 84.2 Å². The number of sulfonamides is 1. The van der Waals surface area contributed by atoms with E-state index in [-0.39, 0.29) is 22.9 Å². The highest BCUT2D eigenvalue weighted by atomic mass is 32.2. The highest BCUT2D eigenvalue weighted by molar-refractivity contribution is 7.92. The van der Waals surface area contributed by atoms with E-state index < -0.39 is 21.7 Å². The zero-order valence-electron chi connectivity index (χ0n) is 15.6. The number of hydrogen-bond donors (Lipinski definition) is 2. The molecule has 0 spiro atoms. The molecule has 0 saturated carbocycles. The molecule has 150 valence electrons. The molecular formula is C21H19FN2O4S. The van der Waals surface area contributed by atoms with Gasteiger partial charge in [0, 0.05) is 5.69 Å².